The molecule has 3 fully saturated rings. The molecule has 2 heterocycles. The molecule has 0 radical (unpaired) electrons. The number of benzene rings is 1. The van der Waals surface area contributed by atoms with Crippen molar-refractivity contribution < 1.29 is 33.7 Å². The summed E-state index contributed by atoms with van der Waals surface area (Å²) >= 11 is 1.55. The van der Waals surface area contributed by atoms with Crippen molar-refractivity contribution in [3.8, 4) is 16.2 Å². The van der Waals surface area contributed by atoms with E-state index in [1.807, 2.05) is 58.3 Å². The Bertz CT molecular complexity index is 1450. The maximum Gasteiger partial charge on any atom is 0.306 e. The normalized spacial score (nSPS) is 25.2. The number of hydrogen-bond acceptors (Lipinski definition) is 8. The van der Waals surface area contributed by atoms with Crippen molar-refractivity contribution in [2.24, 2.45) is 23.2 Å². The van der Waals surface area contributed by atoms with Gasteiger partial charge in [-0.2, -0.15) is 0 Å². The molecule has 1 aliphatic heterocycles. The van der Waals surface area contributed by atoms with Crippen LogP contribution in [0.2, 0.25) is 0 Å². The van der Waals surface area contributed by atoms with Gasteiger partial charge in [0.1, 0.15) is 18.0 Å². The molecule has 5 rings (SSSR count). The largest absolute Gasteiger partial charge is 0.493 e. The molecule has 1 unspecified atom stereocenters. The van der Waals surface area contributed by atoms with E-state index in [2.05, 4.69) is 15.6 Å². The molecule has 2 aliphatic carbocycles. The predicted octanol–water partition coefficient (Wildman–Crippen LogP) is 5.07. The summed E-state index contributed by atoms with van der Waals surface area (Å²) in [6.45, 7) is 10.7. The van der Waals surface area contributed by atoms with Crippen molar-refractivity contribution in [1.82, 2.24) is 20.5 Å². The highest BCUT2D eigenvalue weighted by Gasteiger charge is 2.53. The summed E-state index contributed by atoms with van der Waals surface area (Å²) in [5.74, 6) is -1.02. The number of thiazole rings is 1. The molecule has 1 aromatic heterocycles. The Morgan fingerprint density at radius 1 is 1.19 bits per heavy atom. The highest BCUT2D eigenvalue weighted by Crippen LogP contribution is 2.41. The molecule has 2 saturated carbocycles. The topological polar surface area (TPSA) is 141 Å². The third-order valence-electron chi connectivity index (χ3n) is 9.93. The van der Waals surface area contributed by atoms with Crippen LogP contribution in [0.5, 0.6) is 5.75 Å². The summed E-state index contributed by atoms with van der Waals surface area (Å²) in [5.41, 5.74) is 2.01. The number of carbonyl (C=O) groups is 3. The number of aliphatic carboxylic acids is 1. The third-order valence-corrected chi connectivity index (χ3v) is 10.9. The molecule has 10 nitrogen and oxygen atoms in total. The number of amides is 2. The molecule has 0 spiro atoms. The summed E-state index contributed by atoms with van der Waals surface area (Å²) in [7, 11) is 0. The van der Waals surface area contributed by atoms with Crippen LogP contribution in [0, 0.1) is 30.1 Å². The first-order valence-electron chi connectivity index (χ1n) is 16.8. The number of alkyl halides is 1. The van der Waals surface area contributed by atoms with Crippen LogP contribution in [0.4, 0.5) is 4.39 Å². The van der Waals surface area contributed by atoms with Gasteiger partial charge in [0.15, 0.2) is 5.67 Å². The van der Waals surface area contributed by atoms with Crippen LogP contribution in [0.25, 0.3) is 10.4 Å². The molecular formula is C35H49FN4O6S. The Labute approximate surface area is 280 Å². The Morgan fingerprint density at radius 3 is 2.49 bits per heavy atom. The van der Waals surface area contributed by atoms with Gasteiger partial charge >= 0.3 is 5.97 Å². The zero-order chi connectivity index (χ0) is 34.1. The van der Waals surface area contributed by atoms with E-state index in [0.29, 0.717) is 38.2 Å². The standard InChI is InChI=1S/C35H49FN4O6S/c1-20-14-26(40(17-20)31(42)29(34(3,4)5)39-33(45)35(36)12-13-35)30(41)37-16-25-11-10-24(28-21(2)38-19-47-28)15-27(25)46-18-22-6-8-23(9-7-22)32(43)44/h10-11,15,19-20,22-23,26,29-30,37,41H,6-9,12-14,16-18H2,1-5H3,(H,39,45)(H,43,44)/t20-,22?,23?,26+,29-,30?/m1/s1. The number of rotatable bonds is 12. The SMILES string of the molecule is Cc1ncsc1-c1ccc(CNC(O)[C@@H]2C[C@@H](C)CN2C(=O)[C@@H](NC(=O)C2(F)CC2)C(C)(C)C)c(OCC2CCC(C(=O)O)CC2)c1. The van der Waals surface area contributed by atoms with Gasteiger partial charge in [0.05, 0.1) is 34.6 Å². The van der Waals surface area contributed by atoms with Gasteiger partial charge in [-0.1, -0.05) is 39.8 Å². The van der Waals surface area contributed by atoms with Crippen molar-refractivity contribution in [3.05, 3.63) is 35.0 Å². The maximum atomic E-state index is 14.6. The number of aliphatic hydroxyl groups excluding tert-OH is 1. The van der Waals surface area contributed by atoms with Crippen LogP contribution in [-0.2, 0) is 20.9 Å². The fourth-order valence-corrected chi connectivity index (χ4v) is 7.54. The summed E-state index contributed by atoms with van der Waals surface area (Å²) < 4.78 is 21.0. The van der Waals surface area contributed by atoms with E-state index < -0.39 is 41.3 Å². The molecule has 4 atom stereocenters. The van der Waals surface area contributed by atoms with E-state index in [0.717, 1.165) is 34.5 Å². The molecule has 2 amide bonds. The Morgan fingerprint density at radius 2 is 1.89 bits per heavy atom. The number of hydrogen-bond donors (Lipinski definition) is 4. The lowest BCUT2D eigenvalue weighted by molar-refractivity contribution is -0.144. The van der Waals surface area contributed by atoms with Crippen LogP contribution in [-0.4, -0.2) is 75.0 Å². The van der Waals surface area contributed by atoms with Gasteiger partial charge in [-0.3, -0.25) is 19.7 Å². The van der Waals surface area contributed by atoms with E-state index in [1.54, 1.807) is 16.2 Å². The second kappa shape index (κ2) is 14.2. The third kappa shape index (κ3) is 8.32. The second-order valence-corrected chi connectivity index (χ2v) is 15.8. The zero-order valence-corrected chi connectivity index (χ0v) is 28.9. The first-order valence-corrected chi connectivity index (χ1v) is 17.6. The van der Waals surface area contributed by atoms with Crippen molar-refractivity contribution in [1.29, 1.82) is 0 Å². The fraction of sp³-hybridized carbons (Fsp3) is 0.657. The molecular weight excluding hydrogens is 623 g/mol. The number of carboxylic acids is 1. The molecule has 3 aliphatic rings. The quantitative estimate of drug-likeness (QED) is 0.229. The minimum atomic E-state index is -1.89. The van der Waals surface area contributed by atoms with Gasteiger partial charge in [0.2, 0.25) is 5.91 Å². The first kappa shape index (κ1) is 35.2. The second-order valence-electron chi connectivity index (χ2n) is 14.9. The van der Waals surface area contributed by atoms with Gasteiger partial charge in [-0.05, 0) is 80.8 Å². The molecule has 12 heteroatoms. The number of nitrogens with zero attached hydrogens (tertiary/aromatic N) is 2. The number of carboxylic acid groups (broad SMARTS) is 1. The van der Waals surface area contributed by atoms with Gasteiger partial charge in [0, 0.05) is 18.7 Å². The van der Waals surface area contributed by atoms with E-state index in [1.165, 1.54) is 0 Å². The first-order chi connectivity index (χ1) is 22.2. The lowest BCUT2D eigenvalue weighted by Crippen LogP contribution is -2.59. The average Bonchev–Trinajstić information content (AvgIpc) is 3.43. The molecule has 4 N–H and O–H groups in total. The minimum absolute atomic E-state index is 0.129. The molecule has 0 bridgehead atoms. The van der Waals surface area contributed by atoms with Gasteiger partial charge in [-0.15, -0.1) is 11.3 Å². The Hall–Kier alpha value is -3.09. The molecule has 1 saturated heterocycles. The van der Waals surface area contributed by atoms with Crippen molar-refractivity contribution >= 4 is 29.1 Å². The predicted molar refractivity (Wildman–Crippen MR) is 177 cm³/mol. The van der Waals surface area contributed by atoms with E-state index in [4.69, 9.17) is 4.74 Å². The highest BCUT2D eigenvalue weighted by atomic mass is 32.1. The van der Waals surface area contributed by atoms with Crippen molar-refractivity contribution in [2.45, 2.75) is 110 Å². The highest BCUT2D eigenvalue weighted by molar-refractivity contribution is 7.13. The zero-order valence-electron chi connectivity index (χ0n) is 28.1. The molecule has 2 aromatic rings. The van der Waals surface area contributed by atoms with Gasteiger partial charge in [0.25, 0.3) is 5.91 Å². The van der Waals surface area contributed by atoms with Crippen LogP contribution < -0.4 is 15.4 Å². The Kier molecular flexibility index (Phi) is 10.6. The maximum absolute atomic E-state index is 14.6. The van der Waals surface area contributed by atoms with Gasteiger partial charge in [-0.25, -0.2) is 9.37 Å². The van der Waals surface area contributed by atoms with E-state index in [9.17, 15) is 29.0 Å². The van der Waals surface area contributed by atoms with Crippen LogP contribution in [0.3, 0.4) is 0 Å². The summed E-state index contributed by atoms with van der Waals surface area (Å²) in [6, 6.07) is 4.51. The number of aryl methyl sites for hydroxylation is 1. The van der Waals surface area contributed by atoms with Crippen molar-refractivity contribution in [2.75, 3.05) is 13.2 Å². The number of likely N-dealkylation sites (tertiary alicyclic amines) is 1. The monoisotopic (exact) mass is 672 g/mol. The number of aromatic nitrogens is 1. The number of nitrogens with one attached hydrogen (secondary N) is 2. The van der Waals surface area contributed by atoms with Crippen molar-refractivity contribution in [3.63, 3.8) is 0 Å². The van der Waals surface area contributed by atoms with E-state index >= 15 is 0 Å². The molecule has 258 valence electrons. The average molecular weight is 673 g/mol. The van der Waals surface area contributed by atoms with Crippen LogP contribution in [0.1, 0.15) is 83.9 Å². The van der Waals surface area contributed by atoms with E-state index in [-0.39, 0.29) is 43.0 Å². The lowest BCUT2D eigenvalue weighted by Gasteiger charge is -2.37. The lowest BCUT2D eigenvalue weighted by atomic mass is 9.82. The molecule has 1 aromatic carbocycles. The minimum Gasteiger partial charge on any atom is -0.493 e. The number of aliphatic hydroxyl groups is 1. The fourth-order valence-electron chi connectivity index (χ4n) is 6.74. The Balaban J connectivity index is 1.28. The summed E-state index contributed by atoms with van der Waals surface area (Å²) in [4.78, 5) is 45.0. The number of halogens is 1. The van der Waals surface area contributed by atoms with Crippen LogP contribution in [0.15, 0.2) is 23.7 Å². The molecule has 47 heavy (non-hydrogen) atoms. The summed E-state index contributed by atoms with van der Waals surface area (Å²) in [5, 5.41) is 26.7. The summed E-state index contributed by atoms with van der Waals surface area (Å²) in [6.07, 6.45) is 2.73. The van der Waals surface area contributed by atoms with Crippen LogP contribution >= 0.6 is 11.3 Å². The number of ether oxygens (including phenoxy) is 1. The number of carbonyl (C=O) groups excluding carboxylic acids is 2. The van der Waals surface area contributed by atoms with Gasteiger partial charge < -0.3 is 25.2 Å². The smallest absolute Gasteiger partial charge is 0.306 e.